The quantitative estimate of drug-likeness (QED) is 0.880. The van der Waals surface area contributed by atoms with Crippen molar-refractivity contribution in [1.29, 1.82) is 0 Å². The van der Waals surface area contributed by atoms with Gasteiger partial charge in [-0.3, -0.25) is 9.59 Å². The Balaban J connectivity index is 2.07. The molecule has 7 heteroatoms. The van der Waals surface area contributed by atoms with E-state index in [1.165, 1.54) is 4.90 Å². The number of carboxylic acids is 1. The molecule has 2 amide bonds. The topological polar surface area (TPSA) is 77.9 Å². The molecule has 0 radical (unpaired) electrons. The van der Waals surface area contributed by atoms with Gasteiger partial charge in [-0.1, -0.05) is 6.92 Å². The first-order valence-electron chi connectivity index (χ1n) is 6.38. The molecule has 108 valence electrons. The molecule has 0 atom stereocenters. The molecule has 1 aromatic heterocycles. The van der Waals surface area contributed by atoms with Gasteiger partial charge in [-0.2, -0.15) is 0 Å². The molecule has 0 spiro atoms. The predicted octanol–water partition coefficient (Wildman–Crippen LogP) is 1.03. The summed E-state index contributed by atoms with van der Waals surface area (Å²) >= 11 is 1.12. The van der Waals surface area contributed by atoms with Crippen LogP contribution in [-0.2, 0) is 16.1 Å². The van der Waals surface area contributed by atoms with Crippen molar-refractivity contribution in [2.24, 2.45) is 0 Å². The van der Waals surface area contributed by atoms with Gasteiger partial charge in [-0.15, -0.1) is 11.3 Å². The number of amides is 2. The van der Waals surface area contributed by atoms with E-state index in [9.17, 15) is 14.4 Å². The van der Waals surface area contributed by atoms with Crippen LogP contribution in [0.1, 0.15) is 28.6 Å². The average molecular weight is 296 g/mol. The van der Waals surface area contributed by atoms with Crippen molar-refractivity contribution >= 4 is 29.1 Å². The number of hydrogen-bond donors (Lipinski definition) is 1. The van der Waals surface area contributed by atoms with Crippen molar-refractivity contribution in [2.45, 2.75) is 19.9 Å². The fourth-order valence-corrected chi connectivity index (χ4v) is 2.93. The highest BCUT2D eigenvalue weighted by molar-refractivity contribution is 7.12. The molecule has 0 aromatic carbocycles. The highest BCUT2D eigenvalue weighted by Crippen LogP contribution is 2.20. The van der Waals surface area contributed by atoms with Crippen molar-refractivity contribution < 1.29 is 19.5 Å². The normalized spacial score (nSPS) is 15.8. The molecule has 1 aliphatic heterocycles. The number of carboxylic acid groups (broad SMARTS) is 1. The van der Waals surface area contributed by atoms with Gasteiger partial charge in [0, 0.05) is 13.1 Å². The molecule has 2 heterocycles. The van der Waals surface area contributed by atoms with E-state index in [-0.39, 0.29) is 36.3 Å². The van der Waals surface area contributed by atoms with Gasteiger partial charge in [0.05, 0.1) is 6.54 Å². The smallest absolute Gasteiger partial charge is 0.346 e. The summed E-state index contributed by atoms with van der Waals surface area (Å²) < 4.78 is 0. The Hall–Kier alpha value is -1.89. The van der Waals surface area contributed by atoms with E-state index in [2.05, 4.69) is 0 Å². The van der Waals surface area contributed by atoms with Gasteiger partial charge >= 0.3 is 5.97 Å². The lowest BCUT2D eigenvalue weighted by Crippen LogP contribution is -2.53. The molecule has 0 aliphatic carbocycles. The SMILES string of the molecule is CCCN1CC(=O)N(Cc2ccsc2C(=O)O)CC1=O. The fraction of sp³-hybridized carbons (Fsp3) is 0.462. The maximum Gasteiger partial charge on any atom is 0.346 e. The second-order valence-corrected chi connectivity index (χ2v) is 5.56. The van der Waals surface area contributed by atoms with Crippen LogP contribution >= 0.6 is 11.3 Å². The molecule has 6 nitrogen and oxygen atoms in total. The molecular weight excluding hydrogens is 280 g/mol. The Kier molecular flexibility index (Phi) is 4.39. The van der Waals surface area contributed by atoms with Crippen molar-refractivity contribution in [1.82, 2.24) is 9.80 Å². The van der Waals surface area contributed by atoms with Crippen LogP contribution in [0.15, 0.2) is 11.4 Å². The number of thiophene rings is 1. The number of piperazine rings is 1. The zero-order valence-electron chi connectivity index (χ0n) is 11.2. The van der Waals surface area contributed by atoms with Crippen LogP contribution in [0.25, 0.3) is 0 Å². The maximum absolute atomic E-state index is 12.0. The lowest BCUT2D eigenvalue weighted by atomic mass is 10.2. The molecule has 20 heavy (non-hydrogen) atoms. The Bertz CT molecular complexity index is 540. The van der Waals surface area contributed by atoms with E-state index >= 15 is 0 Å². The first-order valence-corrected chi connectivity index (χ1v) is 7.26. The van der Waals surface area contributed by atoms with Crippen molar-refractivity contribution in [3.63, 3.8) is 0 Å². The minimum absolute atomic E-state index is 0.0216. The van der Waals surface area contributed by atoms with Crippen LogP contribution < -0.4 is 0 Å². The number of aromatic carboxylic acids is 1. The summed E-state index contributed by atoms with van der Waals surface area (Å²) in [5.74, 6) is -1.22. The minimum Gasteiger partial charge on any atom is -0.477 e. The summed E-state index contributed by atoms with van der Waals surface area (Å²) in [6, 6.07) is 1.68. The molecule has 1 fully saturated rings. The zero-order valence-corrected chi connectivity index (χ0v) is 12.0. The molecule has 1 saturated heterocycles. The standard InChI is InChI=1S/C13H16N2O4S/c1-2-4-14-7-11(17)15(8-10(14)16)6-9-3-5-20-12(9)13(18)19/h3,5H,2,4,6-8H2,1H3,(H,18,19). The first-order chi connectivity index (χ1) is 9.52. The molecule has 2 rings (SSSR count). The lowest BCUT2D eigenvalue weighted by molar-refractivity contribution is -0.150. The summed E-state index contributed by atoms with van der Waals surface area (Å²) in [5.41, 5.74) is 0.576. The predicted molar refractivity (Wildman–Crippen MR) is 73.6 cm³/mol. The zero-order chi connectivity index (χ0) is 14.7. The van der Waals surface area contributed by atoms with Crippen molar-refractivity contribution in [2.75, 3.05) is 19.6 Å². The summed E-state index contributed by atoms with van der Waals surface area (Å²) in [6.45, 7) is 2.81. The van der Waals surface area contributed by atoms with Crippen LogP contribution in [0.5, 0.6) is 0 Å². The van der Waals surface area contributed by atoms with Gasteiger partial charge in [0.1, 0.15) is 11.4 Å². The monoisotopic (exact) mass is 296 g/mol. The number of hydrogen-bond acceptors (Lipinski definition) is 4. The molecule has 0 saturated carbocycles. The molecule has 0 unspecified atom stereocenters. The molecular formula is C13H16N2O4S. The molecule has 0 bridgehead atoms. The van der Waals surface area contributed by atoms with Gasteiger partial charge in [0.2, 0.25) is 11.8 Å². The Morgan fingerprint density at radius 3 is 2.60 bits per heavy atom. The van der Waals surface area contributed by atoms with Gasteiger partial charge in [0.15, 0.2) is 0 Å². The summed E-state index contributed by atoms with van der Waals surface area (Å²) in [7, 11) is 0. The van der Waals surface area contributed by atoms with E-state index in [0.717, 1.165) is 17.8 Å². The van der Waals surface area contributed by atoms with Gasteiger partial charge in [-0.05, 0) is 23.4 Å². The Labute approximate surface area is 120 Å². The third kappa shape index (κ3) is 2.98. The highest BCUT2D eigenvalue weighted by atomic mass is 32.1. The fourth-order valence-electron chi connectivity index (χ4n) is 2.17. The second kappa shape index (κ2) is 6.04. The Morgan fingerprint density at radius 2 is 1.95 bits per heavy atom. The second-order valence-electron chi connectivity index (χ2n) is 4.65. The minimum atomic E-state index is -1.00. The molecule has 1 N–H and O–H groups in total. The van der Waals surface area contributed by atoms with E-state index in [0.29, 0.717) is 12.1 Å². The van der Waals surface area contributed by atoms with E-state index in [4.69, 9.17) is 5.11 Å². The Morgan fingerprint density at radius 1 is 1.30 bits per heavy atom. The maximum atomic E-state index is 12.0. The van der Waals surface area contributed by atoms with Crippen LogP contribution in [-0.4, -0.2) is 52.3 Å². The average Bonchev–Trinajstić information content (AvgIpc) is 2.84. The first kappa shape index (κ1) is 14.5. The number of carbonyl (C=O) groups is 3. The largest absolute Gasteiger partial charge is 0.477 e. The van der Waals surface area contributed by atoms with Crippen LogP contribution in [0.3, 0.4) is 0 Å². The van der Waals surface area contributed by atoms with Crippen LogP contribution in [0.4, 0.5) is 0 Å². The van der Waals surface area contributed by atoms with Crippen LogP contribution in [0, 0.1) is 0 Å². The van der Waals surface area contributed by atoms with Crippen LogP contribution in [0.2, 0.25) is 0 Å². The highest BCUT2D eigenvalue weighted by Gasteiger charge is 2.30. The summed E-state index contributed by atoms with van der Waals surface area (Å²) in [4.78, 5) is 38.2. The molecule has 1 aromatic rings. The number of nitrogens with zero attached hydrogens (tertiary/aromatic N) is 2. The summed E-state index contributed by atoms with van der Waals surface area (Å²) in [6.07, 6.45) is 0.812. The van der Waals surface area contributed by atoms with Crippen molar-refractivity contribution in [3.8, 4) is 0 Å². The van der Waals surface area contributed by atoms with Gasteiger partial charge in [0.25, 0.3) is 0 Å². The van der Waals surface area contributed by atoms with E-state index < -0.39 is 5.97 Å². The van der Waals surface area contributed by atoms with Crippen molar-refractivity contribution in [3.05, 3.63) is 21.9 Å². The lowest BCUT2D eigenvalue weighted by Gasteiger charge is -2.33. The third-order valence-corrected chi connectivity index (χ3v) is 4.10. The number of carbonyl (C=O) groups excluding carboxylic acids is 2. The van der Waals surface area contributed by atoms with Gasteiger partial charge < -0.3 is 14.9 Å². The summed E-state index contributed by atoms with van der Waals surface area (Å²) in [5, 5.41) is 10.7. The third-order valence-electron chi connectivity index (χ3n) is 3.15. The molecule has 1 aliphatic rings. The number of rotatable bonds is 5. The van der Waals surface area contributed by atoms with E-state index in [1.54, 1.807) is 16.3 Å². The van der Waals surface area contributed by atoms with E-state index in [1.807, 2.05) is 6.92 Å². The van der Waals surface area contributed by atoms with Gasteiger partial charge in [-0.25, -0.2) is 4.79 Å².